The lowest BCUT2D eigenvalue weighted by Crippen LogP contribution is -2.43. The van der Waals surface area contributed by atoms with Crippen LogP contribution in [0.25, 0.3) is 0 Å². The van der Waals surface area contributed by atoms with E-state index in [1.54, 1.807) is 14.2 Å². The number of hydrogen-bond donors (Lipinski definition) is 1. The van der Waals surface area contributed by atoms with Gasteiger partial charge in [0.2, 0.25) is 0 Å². The molecule has 1 atom stereocenters. The third-order valence-electron chi connectivity index (χ3n) is 6.81. The molecule has 4 rings (SSSR count). The Kier molecular flexibility index (Phi) is 7.53. The molecular formula is C26H35N3O3. The van der Waals surface area contributed by atoms with Crippen molar-refractivity contribution in [2.75, 3.05) is 40.4 Å². The minimum atomic E-state index is 0.0390. The summed E-state index contributed by atoms with van der Waals surface area (Å²) in [6, 6.07) is 16.6. The normalized spacial score (nSPS) is 19.7. The summed E-state index contributed by atoms with van der Waals surface area (Å²) in [4.78, 5) is 17.5. The number of nitrogens with zero attached hydrogens (tertiary/aromatic N) is 2. The molecule has 2 aromatic rings. The van der Waals surface area contributed by atoms with Gasteiger partial charge in [-0.05, 0) is 62.4 Å². The highest BCUT2D eigenvalue weighted by molar-refractivity contribution is 5.75. The molecule has 32 heavy (non-hydrogen) atoms. The molecule has 0 radical (unpaired) electrons. The third-order valence-corrected chi connectivity index (χ3v) is 6.81. The Labute approximate surface area is 191 Å². The zero-order chi connectivity index (χ0) is 22.3. The summed E-state index contributed by atoms with van der Waals surface area (Å²) in [6.07, 6.45) is 4.21. The van der Waals surface area contributed by atoms with Crippen molar-refractivity contribution in [3.8, 4) is 11.5 Å². The SMILES string of the molecule is COc1ccc(C2CCCN2C(=O)NCC2CCN(Cc3ccccc3)CC2)c(OC)c1. The number of carbonyl (C=O) groups is 1. The van der Waals surface area contributed by atoms with Gasteiger partial charge in [0, 0.05) is 31.3 Å². The molecule has 2 heterocycles. The highest BCUT2D eigenvalue weighted by Gasteiger charge is 2.32. The van der Waals surface area contributed by atoms with Crippen molar-refractivity contribution >= 4 is 6.03 Å². The highest BCUT2D eigenvalue weighted by Crippen LogP contribution is 2.38. The van der Waals surface area contributed by atoms with Gasteiger partial charge in [0.25, 0.3) is 0 Å². The molecule has 172 valence electrons. The summed E-state index contributed by atoms with van der Waals surface area (Å²) < 4.78 is 10.9. The van der Waals surface area contributed by atoms with E-state index in [-0.39, 0.29) is 12.1 Å². The number of piperidine rings is 1. The first kappa shape index (κ1) is 22.5. The van der Waals surface area contributed by atoms with E-state index in [1.807, 2.05) is 23.1 Å². The van der Waals surface area contributed by atoms with E-state index in [0.717, 1.165) is 75.5 Å². The molecule has 2 aliphatic rings. The molecule has 6 heteroatoms. The van der Waals surface area contributed by atoms with Crippen LogP contribution in [0.3, 0.4) is 0 Å². The zero-order valence-corrected chi connectivity index (χ0v) is 19.3. The van der Waals surface area contributed by atoms with Crippen LogP contribution in [0.5, 0.6) is 11.5 Å². The van der Waals surface area contributed by atoms with Crippen LogP contribution >= 0.6 is 0 Å². The van der Waals surface area contributed by atoms with Crippen LogP contribution in [0.2, 0.25) is 0 Å². The molecule has 2 saturated heterocycles. The van der Waals surface area contributed by atoms with Gasteiger partial charge in [-0.1, -0.05) is 30.3 Å². The Morgan fingerprint density at radius 3 is 2.50 bits per heavy atom. The van der Waals surface area contributed by atoms with Crippen molar-refractivity contribution in [1.82, 2.24) is 15.1 Å². The number of urea groups is 1. The summed E-state index contributed by atoms with van der Waals surface area (Å²) in [7, 11) is 3.32. The molecule has 0 bridgehead atoms. The smallest absolute Gasteiger partial charge is 0.317 e. The molecule has 1 N–H and O–H groups in total. The Hall–Kier alpha value is -2.73. The molecule has 0 aliphatic carbocycles. The zero-order valence-electron chi connectivity index (χ0n) is 19.3. The van der Waals surface area contributed by atoms with Crippen molar-refractivity contribution in [3.63, 3.8) is 0 Å². The van der Waals surface area contributed by atoms with Gasteiger partial charge in [-0.2, -0.15) is 0 Å². The molecule has 0 saturated carbocycles. The summed E-state index contributed by atoms with van der Waals surface area (Å²) >= 11 is 0. The van der Waals surface area contributed by atoms with Gasteiger partial charge in [-0.25, -0.2) is 4.79 Å². The van der Waals surface area contributed by atoms with Gasteiger partial charge in [0.15, 0.2) is 0 Å². The Morgan fingerprint density at radius 1 is 1.00 bits per heavy atom. The van der Waals surface area contributed by atoms with Crippen LogP contribution < -0.4 is 14.8 Å². The van der Waals surface area contributed by atoms with Crippen molar-refractivity contribution < 1.29 is 14.3 Å². The number of likely N-dealkylation sites (tertiary alicyclic amines) is 2. The molecule has 2 aliphatic heterocycles. The maximum absolute atomic E-state index is 13.0. The largest absolute Gasteiger partial charge is 0.497 e. The van der Waals surface area contributed by atoms with Crippen LogP contribution in [0.1, 0.15) is 42.9 Å². The maximum atomic E-state index is 13.0. The second-order valence-electron chi connectivity index (χ2n) is 8.85. The highest BCUT2D eigenvalue weighted by atomic mass is 16.5. The molecule has 6 nitrogen and oxygen atoms in total. The lowest BCUT2D eigenvalue weighted by atomic mass is 9.96. The number of amides is 2. The van der Waals surface area contributed by atoms with E-state index in [1.165, 1.54) is 5.56 Å². The Morgan fingerprint density at radius 2 is 1.78 bits per heavy atom. The predicted molar refractivity (Wildman–Crippen MR) is 126 cm³/mol. The van der Waals surface area contributed by atoms with Crippen molar-refractivity contribution in [1.29, 1.82) is 0 Å². The standard InChI is InChI=1S/C26H35N3O3/c1-31-22-10-11-23(25(17-22)32-2)24-9-6-14-29(24)26(30)27-18-20-12-15-28(16-13-20)19-21-7-4-3-5-8-21/h3-5,7-8,10-11,17,20,24H,6,9,12-16,18-19H2,1-2H3,(H,27,30). The number of carbonyl (C=O) groups excluding carboxylic acids is 1. The molecule has 0 spiro atoms. The van der Waals surface area contributed by atoms with Crippen LogP contribution in [-0.2, 0) is 6.54 Å². The van der Waals surface area contributed by atoms with E-state index < -0.39 is 0 Å². The van der Waals surface area contributed by atoms with Crippen molar-refractivity contribution in [2.45, 2.75) is 38.3 Å². The number of rotatable bonds is 7. The molecule has 2 amide bonds. The van der Waals surface area contributed by atoms with Crippen LogP contribution in [-0.4, -0.2) is 56.2 Å². The number of benzene rings is 2. The molecule has 0 aromatic heterocycles. The van der Waals surface area contributed by atoms with Gasteiger partial charge in [-0.15, -0.1) is 0 Å². The van der Waals surface area contributed by atoms with E-state index >= 15 is 0 Å². The first-order valence-electron chi connectivity index (χ1n) is 11.7. The van der Waals surface area contributed by atoms with E-state index in [9.17, 15) is 4.79 Å². The van der Waals surface area contributed by atoms with E-state index in [2.05, 4.69) is 40.5 Å². The fraction of sp³-hybridized carbons (Fsp3) is 0.500. The fourth-order valence-electron chi connectivity index (χ4n) is 4.95. The number of methoxy groups -OCH3 is 2. The van der Waals surface area contributed by atoms with Gasteiger partial charge >= 0.3 is 6.03 Å². The monoisotopic (exact) mass is 437 g/mol. The number of ether oxygens (including phenoxy) is 2. The lowest BCUT2D eigenvalue weighted by molar-refractivity contribution is 0.166. The lowest BCUT2D eigenvalue weighted by Gasteiger charge is -2.33. The minimum absolute atomic E-state index is 0.0390. The minimum Gasteiger partial charge on any atom is -0.497 e. The first-order valence-corrected chi connectivity index (χ1v) is 11.7. The summed E-state index contributed by atoms with van der Waals surface area (Å²) in [5, 5.41) is 3.22. The second-order valence-corrected chi connectivity index (χ2v) is 8.85. The van der Waals surface area contributed by atoms with Gasteiger partial charge in [-0.3, -0.25) is 4.90 Å². The first-order chi connectivity index (χ1) is 15.7. The summed E-state index contributed by atoms with van der Waals surface area (Å²) in [5.74, 6) is 2.08. The molecule has 2 fully saturated rings. The van der Waals surface area contributed by atoms with E-state index in [0.29, 0.717) is 5.92 Å². The van der Waals surface area contributed by atoms with Crippen LogP contribution in [0, 0.1) is 5.92 Å². The number of nitrogens with one attached hydrogen (secondary N) is 1. The van der Waals surface area contributed by atoms with Crippen molar-refractivity contribution in [2.24, 2.45) is 5.92 Å². The molecule has 2 aromatic carbocycles. The topological polar surface area (TPSA) is 54.0 Å². The molecular weight excluding hydrogens is 402 g/mol. The van der Waals surface area contributed by atoms with Crippen LogP contribution in [0.15, 0.2) is 48.5 Å². The van der Waals surface area contributed by atoms with Gasteiger partial charge in [0.1, 0.15) is 11.5 Å². The second kappa shape index (κ2) is 10.7. The van der Waals surface area contributed by atoms with Gasteiger partial charge < -0.3 is 19.7 Å². The third kappa shape index (κ3) is 5.36. The Bertz CT molecular complexity index is 881. The van der Waals surface area contributed by atoms with Crippen LogP contribution in [0.4, 0.5) is 4.79 Å². The van der Waals surface area contributed by atoms with E-state index in [4.69, 9.17) is 9.47 Å². The number of hydrogen-bond acceptors (Lipinski definition) is 4. The van der Waals surface area contributed by atoms with Crippen molar-refractivity contribution in [3.05, 3.63) is 59.7 Å². The quantitative estimate of drug-likeness (QED) is 0.695. The summed E-state index contributed by atoms with van der Waals surface area (Å²) in [6.45, 7) is 4.72. The predicted octanol–water partition coefficient (Wildman–Crippen LogP) is 4.46. The fourth-order valence-corrected chi connectivity index (χ4v) is 4.95. The van der Waals surface area contributed by atoms with Gasteiger partial charge in [0.05, 0.1) is 20.3 Å². The Balaban J connectivity index is 1.28. The molecule has 1 unspecified atom stereocenters. The maximum Gasteiger partial charge on any atom is 0.317 e. The summed E-state index contributed by atoms with van der Waals surface area (Å²) in [5.41, 5.74) is 2.42. The average Bonchev–Trinajstić information content (AvgIpc) is 3.33. The average molecular weight is 438 g/mol.